The first kappa shape index (κ1) is 19.0. The molecule has 0 rings (SSSR count). The van der Waals surface area contributed by atoms with Crippen molar-refractivity contribution in [1.29, 1.82) is 0 Å². The van der Waals surface area contributed by atoms with E-state index in [0.29, 0.717) is 0 Å². The standard InChI is InChI=1S/2CH4O4S.Zn/c2*2-1-6(3,4)5;/h2*2H,1H2,(H,3,4,5);/p-2. The number of rotatable bonds is 2. The van der Waals surface area contributed by atoms with Gasteiger partial charge in [0.15, 0.2) is 0 Å². The molecule has 0 aromatic rings. The number of aliphatic hydroxyl groups excluding tert-OH is 2. The van der Waals surface area contributed by atoms with E-state index in [0.717, 1.165) is 0 Å². The Hall–Kier alpha value is 0.363. The second-order valence-electron chi connectivity index (χ2n) is 1.37. The minimum absolute atomic E-state index is 0. The summed E-state index contributed by atoms with van der Waals surface area (Å²) in [6.45, 7) is 0. The van der Waals surface area contributed by atoms with E-state index in [2.05, 4.69) is 0 Å². The first-order valence-corrected chi connectivity index (χ1v) is 5.36. The van der Waals surface area contributed by atoms with Crippen molar-refractivity contribution in [1.82, 2.24) is 0 Å². The van der Waals surface area contributed by atoms with Gasteiger partial charge in [0.1, 0.15) is 32.1 Å². The van der Waals surface area contributed by atoms with E-state index < -0.39 is 32.1 Å². The maximum atomic E-state index is 9.19. The van der Waals surface area contributed by atoms with Crippen molar-refractivity contribution in [2.75, 3.05) is 11.9 Å². The molecule has 0 aromatic carbocycles. The fourth-order valence-corrected chi connectivity index (χ4v) is 0. The molecule has 0 saturated heterocycles. The van der Waals surface area contributed by atoms with Gasteiger partial charge in [-0.25, -0.2) is 16.8 Å². The summed E-state index contributed by atoms with van der Waals surface area (Å²) in [6, 6.07) is 0. The van der Waals surface area contributed by atoms with Crippen LogP contribution in [0.2, 0.25) is 0 Å². The SMILES string of the molecule is O=S(=O)([O-])CO.O=S(=O)([O-])CO.[Zn]. The van der Waals surface area contributed by atoms with E-state index in [4.69, 9.17) is 10.2 Å². The molecule has 0 spiro atoms. The van der Waals surface area contributed by atoms with E-state index in [1.54, 1.807) is 0 Å². The second kappa shape index (κ2) is 7.74. The topological polar surface area (TPSA) is 155 Å². The van der Waals surface area contributed by atoms with Crippen LogP contribution in [0, 0.1) is 0 Å². The quantitative estimate of drug-likeness (QED) is 0.401. The molecule has 11 heteroatoms. The Morgan fingerprint density at radius 2 is 0.923 bits per heavy atom. The van der Waals surface area contributed by atoms with Gasteiger partial charge in [-0.15, -0.1) is 0 Å². The predicted octanol–water partition coefficient (Wildman–Crippen LogP) is -3.04. The molecule has 0 bridgehead atoms. The largest absolute Gasteiger partial charge is 0.746 e. The van der Waals surface area contributed by atoms with Crippen molar-refractivity contribution in [2.24, 2.45) is 0 Å². The molecule has 8 nitrogen and oxygen atoms in total. The number of hydrogen-bond donors (Lipinski definition) is 2. The van der Waals surface area contributed by atoms with E-state index >= 15 is 0 Å². The molecule has 0 saturated carbocycles. The van der Waals surface area contributed by atoms with Crippen molar-refractivity contribution in [3.05, 3.63) is 0 Å². The van der Waals surface area contributed by atoms with Gasteiger partial charge in [0.2, 0.25) is 0 Å². The van der Waals surface area contributed by atoms with Crippen molar-refractivity contribution in [2.45, 2.75) is 0 Å². The van der Waals surface area contributed by atoms with Gasteiger partial charge in [-0.2, -0.15) is 0 Å². The van der Waals surface area contributed by atoms with E-state index in [1.807, 2.05) is 0 Å². The van der Waals surface area contributed by atoms with Gasteiger partial charge in [0.05, 0.1) is 0 Å². The van der Waals surface area contributed by atoms with Gasteiger partial charge in [0, 0.05) is 19.5 Å². The van der Waals surface area contributed by atoms with Crippen molar-refractivity contribution in [3.8, 4) is 0 Å². The normalized spacial score (nSPS) is 10.8. The summed E-state index contributed by atoms with van der Waals surface area (Å²) in [5.41, 5.74) is 0. The fraction of sp³-hybridized carbons (Fsp3) is 1.00. The van der Waals surface area contributed by atoms with E-state index in [1.165, 1.54) is 0 Å². The molecule has 0 aliphatic rings. The monoisotopic (exact) mass is 286 g/mol. The third kappa shape index (κ3) is 32.8. The molecule has 78 valence electrons. The van der Waals surface area contributed by atoms with Crippen LogP contribution in [0.15, 0.2) is 0 Å². The molecule has 0 atom stereocenters. The van der Waals surface area contributed by atoms with Crippen LogP contribution in [-0.2, 0) is 39.7 Å². The Kier molecular flexibility index (Phi) is 11.3. The van der Waals surface area contributed by atoms with Crippen LogP contribution in [0.1, 0.15) is 0 Å². The third-order valence-electron chi connectivity index (χ3n) is 0.316. The van der Waals surface area contributed by atoms with Gasteiger partial charge >= 0.3 is 0 Å². The molecule has 0 aliphatic carbocycles. The van der Waals surface area contributed by atoms with Crippen molar-refractivity contribution < 1.29 is 55.6 Å². The predicted molar refractivity (Wildman–Crippen MR) is 33.6 cm³/mol. The maximum absolute atomic E-state index is 9.19. The van der Waals surface area contributed by atoms with E-state index in [-0.39, 0.29) is 19.5 Å². The van der Waals surface area contributed by atoms with Gasteiger partial charge < -0.3 is 19.3 Å². The van der Waals surface area contributed by atoms with Crippen LogP contribution in [0.25, 0.3) is 0 Å². The van der Waals surface area contributed by atoms with Crippen LogP contribution >= 0.6 is 0 Å². The van der Waals surface area contributed by atoms with Crippen LogP contribution < -0.4 is 0 Å². The molecule has 0 heterocycles. The minimum atomic E-state index is -4.36. The van der Waals surface area contributed by atoms with Gasteiger partial charge in [-0.1, -0.05) is 0 Å². The van der Waals surface area contributed by atoms with Crippen LogP contribution in [0.5, 0.6) is 0 Å². The molecule has 0 amide bonds. The molecule has 0 aromatic heterocycles. The molecule has 0 radical (unpaired) electrons. The van der Waals surface area contributed by atoms with Crippen LogP contribution in [0.3, 0.4) is 0 Å². The Labute approximate surface area is 87.8 Å². The Balaban J connectivity index is -0.000000143. The average Bonchev–Trinajstić information content (AvgIpc) is 1.86. The van der Waals surface area contributed by atoms with Gasteiger partial charge in [-0.05, 0) is 0 Å². The molecular weight excluding hydrogens is 282 g/mol. The summed E-state index contributed by atoms with van der Waals surface area (Å²) in [5.74, 6) is -2.62. The first-order valence-electron chi connectivity index (χ1n) is 2.21. The summed E-state index contributed by atoms with van der Waals surface area (Å²) in [6.07, 6.45) is 0. The molecule has 0 unspecified atom stereocenters. The maximum Gasteiger partial charge on any atom is 0.133 e. The number of aliphatic hydroxyl groups is 2. The average molecular weight is 288 g/mol. The van der Waals surface area contributed by atoms with Crippen molar-refractivity contribution >= 4 is 20.2 Å². The zero-order chi connectivity index (χ0) is 10.4. The molecule has 13 heavy (non-hydrogen) atoms. The third-order valence-corrected chi connectivity index (χ3v) is 0.949. The number of hydrogen-bond acceptors (Lipinski definition) is 8. The summed E-state index contributed by atoms with van der Waals surface area (Å²) in [4.78, 5) is 0. The Morgan fingerprint density at radius 3 is 0.923 bits per heavy atom. The summed E-state index contributed by atoms with van der Waals surface area (Å²) < 4.78 is 55.2. The summed E-state index contributed by atoms with van der Waals surface area (Å²) in [7, 11) is -8.71. The smallest absolute Gasteiger partial charge is 0.133 e. The fourth-order valence-electron chi connectivity index (χ4n) is 0. The zero-order valence-electron chi connectivity index (χ0n) is 6.28. The zero-order valence-corrected chi connectivity index (χ0v) is 10.9. The van der Waals surface area contributed by atoms with Crippen LogP contribution in [-0.4, -0.2) is 48.0 Å². The minimum Gasteiger partial charge on any atom is -0.746 e. The van der Waals surface area contributed by atoms with Crippen LogP contribution in [0.4, 0.5) is 0 Å². The molecular formula is C2H6O8S2Zn-2. The first-order chi connectivity index (χ1) is 5.12. The molecule has 0 aliphatic heterocycles. The Bertz CT molecular complexity index is 256. The summed E-state index contributed by atoms with van der Waals surface area (Å²) >= 11 is 0. The van der Waals surface area contributed by atoms with Gasteiger partial charge in [0.25, 0.3) is 0 Å². The Morgan fingerprint density at radius 1 is 0.846 bits per heavy atom. The molecule has 2 N–H and O–H groups in total. The summed E-state index contributed by atoms with van der Waals surface area (Å²) in [5, 5.41) is 15.0. The van der Waals surface area contributed by atoms with Gasteiger partial charge in [-0.3, -0.25) is 0 Å². The van der Waals surface area contributed by atoms with E-state index in [9.17, 15) is 25.9 Å². The van der Waals surface area contributed by atoms with Crippen molar-refractivity contribution in [3.63, 3.8) is 0 Å². The second-order valence-corrected chi connectivity index (χ2v) is 4.12. The molecule has 0 fully saturated rings.